The lowest BCUT2D eigenvalue weighted by Crippen LogP contribution is -2.08. The summed E-state index contributed by atoms with van der Waals surface area (Å²) in [6.07, 6.45) is 3.07. The van der Waals surface area contributed by atoms with E-state index in [0.29, 0.717) is 0 Å². The lowest BCUT2D eigenvalue weighted by molar-refractivity contribution is -0.109. The maximum atomic E-state index is 10.8. The van der Waals surface area contributed by atoms with E-state index in [4.69, 9.17) is 0 Å². The van der Waals surface area contributed by atoms with E-state index in [1.807, 2.05) is 24.3 Å². The van der Waals surface area contributed by atoms with Crippen LogP contribution in [0.2, 0.25) is 0 Å². The van der Waals surface area contributed by atoms with E-state index in [9.17, 15) is 4.79 Å². The quantitative estimate of drug-likeness (QED) is 0.707. The third-order valence-electron chi connectivity index (χ3n) is 2.42. The molecule has 1 nitrogen and oxygen atoms in total. The third kappa shape index (κ3) is 1.11. The summed E-state index contributed by atoms with van der Waals surface area (Å²) < 4.78 is 1.05. The van der Waals surface area contributed by atoms with Gasteiger partial charge in [0.15, 0.2) is 0 Å². The molecule has 2 heteroatoms. The minimum atomic E-state index is -0.153. The topological polar surface area (TPSA) is 17.1 Å². The van der Waals surface area contributed by atoms with Gasteiger partial charge in [-0.05, 0) is 24.5 Å². The minimum absolute atomic E-state index is 0.153. The first-order valence-electron chi connectivity index (χ1n) is 4.00. The van der Waals surface area contributed by atoms with Crippen LogP contribution in [0.5, 0.6) is 0 Å². The largest absolute Gasteiger partial charge is 0.302 e. The number of rotatable bonds is 2. The molecule has 0 N–H and O–H groups in total. The highest BCUT2D eigenvalue weighted by Crippen LogP contribution is 2.48. The predicted octanol–water partition coefficient (Wildman–Crippen LogP) is 2.68. The Labute approximate surface area is 79.9 Å². The minimum Gasteiger partial charge on any atom is -0.302 e. The number of hydrogen-bond acceptors (Lipinski definition) is 1. The summed E-state index contributed by atoms with van der Waals surface area (Å²) in [6, 6.07) is 7.95. The molecule has 0 saturated heterocycles. The Bertz CT molecular complexity index is 315. The third-order valence-corrected chi connectivity index (χ3v) is 3.12. The van der Waals surface area contributed by atoms with Crippen molar-refractivity contribution in [3.8, 4) is 0 Å². The normalized spacial score (nSPS) is 18.8. The van der Waals surface area contributed by atoms with E-state index >= 15 is 0 Å². The van der Waals surface area contributed by atoms with Crippen molar-refractivity contribution in [1.82, 2.24) is 0 Å². The lowest BCUT2D eigenvalue weighted by Gasteiger charge is -2.08. The van der Waals surface area contributed by atoms with Crippen LogP contribution in [0.3, 0.4) is 0 Å². The molecule has 1 aromatic carbocycles. The average molecular weight is 225 g/mol. The van der Waals surface area contributed by atoms with Gasteiger partial charge < -0.3 is 4.79 Å². The van der Waals surface area contributed by atoms with Gasteiger partial charge in [-0.1, -0.05) is 34.1 Å². The van der Waals surface area contributed by atoms with Crippen LogP contribution in [0.4, 0.5) is 0 Å². The summed E-state index contributed by atoms with van der Waals surface area (Å²) in [7, 11) is 0. The van der Waals surface area contributed by atoms with Crippen molar-refractivity contribution in [2.24, 2.45) is 0 Å². The molecule has 0 spiro atoms. The summed E-state index contributed by atoms with van der Waals surface area (Å²) in [5.74, 6) is 0. The molecule has 0 aliphatic heterocycles. The molecule has 0 aromatic heterocycles. The SMILES string of the molecule is O=CC1(c2ccccc2Br)CC1. The first-order valence-corrected chi connectivity index (χ1v) is 4.79. The highest BCUT2D eigenvalue weighted by Gasteiger charge is 2.45. The fraction of sp³-hybridized carbons (Fsp3) is 0.300. The summed E-state index contributed by atoms with van der Waals surface area (Å²) in [5.41, 5.74) is 0.986. The molecule has 1 fully saturated rings. The van der Waals surface area contributed by atoms with Gasteiger partial charge in [0, 0.05) is 4.47 Å². The fourth-order valence-electron chi connectivity index (χ4n) is 1.45. The van der Waals surface area contributed by atoms with Crippen LogP contribution in [-0.4, -0.2) is 6.29 Å². The van der Waals surface area contributed by atoms with E-state index < -0.39 is 0 Å². The van der Waals surface area contributed by atoms with Gasteiger partial charge in [-0.25, -0.2) is 0 Å². The van der Waals surface area contributed by atoms with Crippen molar-refractivity contribution in [3.63, 3.8) is 0 Å². The highest BCUT2D eigenvalue weighted by atomic mass is 79.9. The van der Waals surface area contributed by atoms with E-state index in [1.54, 1.807) is 0 Å². The van der Waals surface area contributed by atoms with E-state index in [0.717, 1.165) is 29.2 Å². The first-order chi connectivity index (χ1) is 5.78. The van der Waals surface area contributed by atoms with Crippen molar-refractivity contribution >= 4 is 22.2 Å². The zero-order valence-electron chi connectivity index (χ0n) is 6.59. The van der Waals surface area contributed by atoms with Crippen molar-refractivity contribution in [1.29, 1.82) is 0 Å². The van der Waals surface area contributed by atoms with Crippen LogP contribution in [0, 0.1) is 0 Å². The van der Waals surface area contributed by atoms with Gasteiger partial charge in [0.05, 0.1) is 5.41 Å². The van der Waals surface area contributed by atoms with Crippen LogP contribution < -0.4 is 0 Å². The molecule has 2 rings (SSSR count). The lowest BCUT2D eigenvalue weighted by atomic mass is 9.98. The molecule has 0 heterocycles. The van der Waals surface area contributed by atoms with E-state index in [-0.39, 0.29) is 5.41 Å². The molecule has 12 heavy (non-hydrogen) atoms. The number of carbonyl (C=O) groups is 1. The van der Waals surface area contributed by atoms with Gasteiger partial charge in [-0.2, -0.15) is 0 Å². The van der Waals surface area contributed by atoms with Gasteiger partial charge in [0.25, 0.3) is 0 Å². The molecule has 0 amide bonds. The Kier molecular flexibility index (Phi) is 1.80. The number of carbonyl (C=O) groups excluding carboxylic acids is 1. The molecular formula is C10H9BrO. The van der Waals surface area contributed by atoms with Gasteiger partial charge in [-0.15, -0.1) is 0 Å². The maximum absolute atomic E-state index is 10.8. The molecule has 1 saturated carbocycles. The van der Waals surface area contributed by atoms with Gasteiger partial charge in [0.1, 0.15) is 6.29 Å². The Morgan fingerprint density at radius 3 is 2.50 bits per heavy atom. The fourth-order valence-corrected chi connectivity index (χ4v) is 2.13. The molecule has 1 aliphatic rings. The maximum Gasteiger partial charge on any atom is 0.130 e. The standard InChI is InChI=1S/C10H9BrO/c11-9-4-2-1-3-8(9)10(7-12)5-6-10/h1-4,7H,5-6H2. The zero-order valence-corrected chi connectivity index (χ0v) is 8.17. The molecule has 0 radical (unpaired) electrons. The molecular weight excluding hydrogens is 216 g/mol. The number of benzene rings is 1. The predicted molar refractivity (Wildman–Crippen MR) is 51.1 cm³/mol. The zero-order chi connectivity index (χ0) is 8.60. The van der Waals surface area contributed by atoms with E-state index in [1.165, 1.54) is 0 Å². The Hall–Kier alpha value is -0.630. The van der Waals surface area contributed by atoms with Crippen molar-refractivity contribution in [2.45, 2.75) is 18.3 Å². The molecule has 0 bridgehead atoms. The second-order valence-electron chi connectivity index (χ2n) is 3.25. The molecule has 0 atom stereocenters. The van der Waals surface area contributed by atoms with Crippen molar-refractivity contribution < 1.29 is 4.79 Å². The van der Waals surface area contributed by atoms with Crippen LogP contribution in [0.15, 0.2) is 28.7 Å². The Morgan fingerprint density at radius 1 is 1.33 bits per heavy atom. The summed E-state index contributed by atoms with van der Waals surface area (Å²) in [6.45, 7) is 0. The van der Waals surface area contributed by atoms with Crippen LogP contribution in [0.1, 0.15) is 18.4 Å². The highest BCUT2D eigenvalue weighted by molar-refractivity contribution is 9.10. The average Bonchev–Trinajstić information content (AvgIpc) is 2.86. The summed E-state index contributed by atoms with van der Waals surface area (Å²) >= 11 is 3.45. The first kappa shape index (κ1) is 7.99. The van der Waals surface area contributed by atoms with Gasteiger partial charge in [-0.3, -0.25) is 0 Å². The Balaban J connectivity index is 2.46. The van der Waals surface area contributed by atoms with Crippen LogP contribution in [-0.2, 0) is 10.2 Å². The second-order valence-corrected chi connectivity index (χ2v) is 4.11. The van der Waals surface area contributed by atoms with Crippen molar-refractivity contribution in [3.05, 3.63) is 34.3 Å². The Morgan fingerprint density at radius 2 is 2.00 bits per heavy atom. The number of aldehydes is 1. The molecule has 0 unspecified atom stereocenters. The van der Waals surface area contributed by atoms with E-state index in [2.05, 4.69) is 15.9 Å². The molecule has 1 aromatic rings. The van der Waals surface area contributed by atoms with Crippen LogP contribution in [0.25, 0.3) is 0 Å². The van der Waals surface area contributed by atoms with Crippen LogP contribution >= 0.6 is 15.9 Å². The van der Waals surface area contributed by atoms with Gasteiger partial charge in [0.2, 0.25) is 0 Å². The molecule has 62 valence electrons. The molecule has 1 aliphatic carbocycles. The monoisotopic (exact) mass is 224 g/mol. The summed E-state index contributed by atoms with van der Waals surface area (Å²) in [5, 5.41) is 0. The number of halogens is 1. The van der Waals surface area contributed by atoms with Crippen molar-refractivity contribution in [2.75, 3.05) is 0 Å². The smallest absolute Gasteiger partial charge is 0.130 e. The summed E-state index contributed by atoms with van der Waals surface area (Å²) in [4.78, 5) is 10.8. The second kappa shape index (κ2) is 2.70. The number of hydrogen-bond donors (Lipinski definition) is 0. The van der Waals surface area contributed by atoms with Gasteiger partial charge >= 0.3 is 0 Å².